The maximum atomic E-state index is 13.6. The van der Waals surface area contributed by atoms with E-state index in [4.69, 9.17) is 39.1 Å². The fourth-order valence-corrected chi connectivity index (χ4v) is 11.2. The minimum Gasteiger partial charge on any atom is -0.383 e. The smallest absolute Gasteiger partial charge is 0.257 e. The lowest BCUT2D eigenvalue weighted by molar-refractivity contribution is -0.119. The summed E-state index contributed by atoms with van der Waals surface area (Å²) in [6.45, 7) is 4.17. The molecule has 1 aliphatic heterocycles. The van der Waals surface area contributed by atoms with E-state index in [1.807, 2.05) is 55.5 Å². The molecule has 22 nitrogen and oxygen atoms in total. The molecule has 1 atom stereocenters. The van der Waals surface area contributed by atoms with Gasteiger partial charge < -0.3 is 60.4 Å². The van der Waals surface area contributed by atoms with Crippen LogP contribution in [-0.4, -0.2) is 92.2 Å². The van der Waals surface area contributed by atoms with Crippen LogP contribution in [0.15, 0.2) is 213 Å². The van der Waals surface area contributed by atoms with E-state index in [2.05, 4.69) is 46.2 Å². The second-order valence-electron chi connectivity index (χ2n) is 24.0. The number of hydrogen-bond acceptors (Lipinski definition) is 16. The van der Waals surface area contributed by atoms with Gasteiger partial charge in [0.05, 0.1) is 59.9 Å². The molecule has 14 rings (SSSR count). The van der Waals surface area contributed by atoms with Crippen molar-refractivity contribution in [2.45, 2.75) is 25.9 Å². The molecule has 0 aliphatic carbocycles. The predicted octanol–water partition coefficient (Wildman–Crippen LogP) is 11.4. The van der Waals surface area contributed by atoms with Gasteiger partial charge in [0.1, 0.15) is 52.6 Å². The lowest BCUT2D eigenvalue weighted by Crippen LogP contribution is -2.48. The number of pyridine rings is 5. The summed E-state index contributed by atoms with van der Waals surface area (Å²) in [5.74, 6) is -2.92. The molecule has 0 saturated carbocycles. The minimum atomic E-state index is -0.818. The second kappa shape index (κ2) is 31.6. The Bertz CT molecular complexity index is 5530. The van der Waals surface area contributed by atoms with Crippen LogP contribution in [-0.2, 0) is 14.3 Å². The molecule has 0 spiro atoms. The molecule has 6 amide bonds. The molecule has 522 valence electrons. The Morgan fingerprint density at radius 3 is 1.11 bits per heavy atom. The maximum Gasteiger partial charge on any atom is 0.257 e. The van der Waals surface area contributed by atoms with Crippen LogP contribution < -0.4 is 55.7 Å². The van der Waals surface area contributed by atoms with Crippen LogP contribution >= 0.6 is 0 Å². The van der Waals surface area contributed by atoms with Gasteiger partial charge in [-0.25, -0.2) is 37.5 Å². The number of rotatable bonds is 14. The third-order valence-electron chi connectivity index (χ3n) is 16.6. The molecule has 8 aromatic carbocycles. The molecular formula is C78H65F4N15O7. The summed E-state index contributed by atoms with van der Waals surface area (Å²) in [7, 11) is 0. The Labute approximate surface area is 590 Å². The Morgan fingerprint density at radius 2 is 0.779 bits per heavy atom. The molecule has 0 bridgehead atoms. The summed E-state index contributed by atoms with van der Waals surface area (Å²) < 4.78 is 59.0. The molecule has 6 heterocycles. The number of carbonyl (C=O) groups excluding carboxylic acids is 6. The van der Waals surface area contributed by atoms with Crippen molar-refractivity contribution in [2.24, 2.45) is 11.5 Å². The number of aromatic nitrogens is 5. The summed E-state index contributed by atoms with van der Waals surface area (Å²) in [4.78, 5) is 92.4. The number of benzene rings is 8. The zero-order valence-electron chi connectivity index (χ0n) is 55.6. The van der Waals surface area contributed by atoms with Crippen molar-refractivity contribution in [3.05, 3.63) is 264 Å². The fraction of sp³-hybridized carbons (Fsp3) is 0.0897. The van der Waals surface area contributed by atoms with Crippen LogP contribution in [0.3, 0.4) is 0 Å². The van der Waals surface area contributed by atoms with Gasteiger partial charge in [0.2, 0.25) is 11.8 Å². The first-order valence-corrected chi connectivity index (χ1v) is 32.0. The van der Waals surface area contributed by atoms with Crippen molar-refractivity contribution in [2.75, 3.05) is 48.0 Å². The van der Waals surface area contributed by atoms with E-state index in [0.29, 0.717) is 95.9 Å². The van der Waals surface area contributed by atoms with E-state index in [0.717, 1.165) is 38.9 Å². The number of nitrogen functional groups attached to an aromatic ring is 4. The minimum absolute atomic E-state index is 0.0340. The molecule has 5 aromatic heterocycles. The predicted molar refractivity (Wildman–Crippen MR) is 393 cm³/mol. The molecular weight excluding hydrogens is 1330 g/mol. The summed E-state index contributed by atoms with van der Waals surface area (Å²) in [5.41, 5.74) is 43.0. The standard InChI is InChI=1S/C22H17FN4O.C19H17FN4O2.C19H16FN3O2.C18H15FN4O2/c1-13-7-17(11-25-10-13)27-22(28)20-12-26-21(24)19-9-15(5-6-18(19)20)14-3-2-4-16(23)8-14;1-10(18(22)25)24-19(26)16-9-23-17(21)15-8-12(5-6-14(15)16)11-3-2-4-13(20)7-11;20-13-3-1-2-11(6-13)12-4-5-15-16(7-12)18(21)22-8-17(15)19(24)23-14-9-25-10-14;19-12-3-1-2-10(6-12)11-4-5-13-14(7-11)17(21)22-8-15(13)18(25)23-9-16(20)24/h2-12H,1H3,(H2,24,26)(H,27,28);2-10H,1H3,(H2,21,23)(H2,22,25)(H,24,26);1-8,14H,9-10H2,(H2,21,22)(H,23,24);1-8H,9H2,(H2,20,24)(H2,21,22)(H,23,25)/t;10-;;/m.0../s1. The van der Waals surface area contributed by atoms with E-state index in [9.17, 15) is 46.3 Å². The normalized spacial score (nSPS) is 11.9. The lowest BCUT2D eigenvalue weighted by atomic mass is 9.99. The number of carbonyl (C=O) groups is 6. The van der Waals surface area contributed by atoms with Crippen molar-refractivity contribution < 1.29 is 51.1 Å². The van der Waals surface area contributed by atoms with Gasteiger partial charge in [-0.2, -0.15) is 0 Å². The Balaban J connectivity index is 0.000000139. The number of nitrogens with zero attached hydrogens (tertiary/aromatic N) is 5. The number of nitrogens with two attached hydrogens (primary N) is 6. The van der Waals surface area contributed by atoms with E-state index in [1.54, 1.807) is 91.3 Å². The van der Waals surface area contributed by atoms with Crippen molar-refractivity contribution in [1.29, 1.82) is 0 Å². The first-order valence-electron chi connectivity index (χ1n) is 32.0. The topological polar surface area (TPSA) is 380 Å². The first-order chi connectivity index (χ1) is 49.9. The molecule has 0 unspecified atom stereocenters. The van der Waals surface area contributed by atoms with Crippen LogP contribution in [0.5, 0.6) is 0 Å². The van der Waals surface area contributed by atoms with E-state index < -0.39 is 29.7 Å². The summed E-state index contributed by atoms with van der Waals surface area (Å²) in [6, 6.07) is 47.4. The number of primary amides is 2. The number of halogens is 4. The fourth-order valence-electron chi connectivity index (χ4n) is 11.2. The van der Waals surface area contributed by atoms with Crippen LogP contribution in [0.4, 0.5) is 46.5 Å². The lowest BCUT2D eigenvalue weighted by Gasteiger charge is -2.27. The summed E-state index contributed by atoms with van der Waals surface area (Å²) in [5, 5.41) is 15.6. The van der Waals surface area contributed by atoms with Gasteiger partial charge in [0.25, 0.3) is 23.6 Å². The number of anilines is 5. The Hall–Kier alpha value is -13.8. The number of amides is 6. The van der Waals surface area contributed by atoms with Crippen LogP contribution in [0, 0.1) is 30.2 Å². The second-order valence-corrected chi connectivity index (χ2v) is 24.0. The van der Waals surface area contributed by atoms with Crippen molar-refractivity contribution in [3.8, 4) is 44.5 Å². The highest BCUT2D eigenvalue weighted by Crippen LogP contribution is 2.35. The van der Waals surface area contributed by atoms with Gasteiger partial charge in [0, 0.05) is 52.5 Å². The van der Waals surface area contributed by atoms with E-state index in [1.165, 1.54) is 80.2 Å². The molecule has 1 aliphatic rings. The summed E-state index contributed by atoms with van der Waals surface area (Å²) in [6.07, 6.45) is 8.93. The molecule has 0 radical (unpaired) electrons. The number of nitrogens with one attached hydrogen (secondary N) is 4. The Kier molecular flexibility index (Phi) is 21.8. The number of hydrogen-bond donors (Lipinski definition) is 10. The Morgan fingerprint density at radius 1 is 0.433 bits per heavy atom. The highest BCUT2D eigenvalue weighted by atomic mass is 19.1. The number of fused-ring (bicyclic) bond motifs is 4. The quantitative estimate of drug-likeness (QED) is 0.0452. The van der Waals surface area contributed by atoms with E-state index in [-0.39, 0.29) is 70.4 Å². The molecule has 104 heavy (non-hydrogen) atoms. The number of aryl methyl sites for hydroxylation is 1. The average Bonchev–Trinajstić information content (AvgIpc) is 0.796. The van der Waals surface area contributed by atoms with Crippen molar-refractivity contribution in [1.82, 2.24) is 40.9 Å². The molecule has 13 aromatic rings. The highest BCUT2D eigenvalue weighted by Gasteiger charge is 2.24. The molecule has 1 saturated heterocycles. The zero-order chi connectivity index (χ0) is 73.9. The first kappa shape index (κ1) is 71.5. The molecule has 16 N–H and O–H groups in total. The largest absolute Gasteiger partial charge is 0.383 e. The average molecular weight is 1400 g/mol. The van der Waals surface area contributed by atoms with Crippen LogP contribution in [0.1, 0.15) is 53.9 Å². The van der Waals surface area contributed by atoms with E-state index >= 15 is 0 Å². The van der Waals surface area contributed by atoms with Crippen LogP contribution in [0.25, 0.3) is 87.6 Å². The monoisotopic (exact) mass is 1400 g/mol. The van der Waals surface area contributed by atoms with Crippen LogP contribution in [0.2, 0.25) is 0 Å². The third-order valence-corrected chi connectivity index (χ3v) is 16.6. The van der Waals surface area contributed by atoms with Gasteiger partial charge >= 0.3 is 0 Å². The third kappa shape index (κ3) is 16.9. The van der Waals surface area contributed by atoms with Gasteiger partial charge in [-0.3, -0.25) is 33.8 Å². The zero-order valence-corrected chi connectivity index (χ0v) is 55.6. The number of ether oxygens (including phenoxy) is 1. The molecule has 1 fully saturated rings. The van der Waals surface area contributed by atoms with Gasteiger partial charge in [-0.15, -0.1) is 0 Å². The van der Waals surface area contributed by atoms with Crippen molar-refractivity contribution in [3.63, 3.8) is 0 Å². The SMILES string of the molecule is C[C@H](NC(=O)c1cnc(N)c2cc(-c3cccc(F)c3)ccc12)C(N)=O.Cc1cncc(NC(=O)c2cnc(N)c3cc(-c4cccc(F)c4)ccc23)c1.NC(=O)CNC(=O)c1cnc(N)c2cc(-c3cccc(F)c3)ccc12.Nc1ncc(C(=O)NC2COC2)c2ccc(-c3cccc(F)c3)cc12. The highest BCUT2D eigenvalue weighted by molar-refractivity contribution is 6.15. The van der Waals surface area contributed by atoms with Gasteiger partial charge in [-0.1, -0.05) is 97.1 Å². The van der Waals surface area contributed by atoms with Crippen molar-refractivity contribution >= 4 is 107 Å². The molecule has 26 heteroatoms. The van der Waals surface area contributed by atoms with Gasteiger partial charge in [-0.05, 0) is 164 Å². The van der Waals surface area contributed by atoms with Gasteiger partial charge in [0.15, 0.2) is 0 Å². The summed E-state index contributed by atoms with van der Waals surface area (Å²) >= 11 is 0. The maximum absolute atomic E-state index is 13.6.